The fourth-order valence-electron chi connectivity index (χ4n) is 1.64. The minimum atomic E-state index is 1.02. The standard InChI is InChI=1S/C15H15N/c1-12-7-6-10-15(11-12)16-13(2)14-8-4-3-5-9-14/h3-11H,1-2H3. The van der Waals surface area contributed by atoms with Crippen LogP contribution in [0.15, 0.2) is 59.6 Å². The molecule has 0 aromatic heterocycles. The van der Waals surface area contributed by atoms with E-state index in [1.807, 2.05) is 37.3 Å². The van der Waals surface area contributed by atoms with Gasteiger partial charge in [0.05, 0.1) is 5.69 Å². The smallest absolute Gasteiger partial charge is 0.0635 e. The zero-order chi connectivity index (χ0) is 11.4. The molecular formula is C15H15N. The lowest BCUT2D eigenvalue weighted by Crippen LogP contribution is -1.92. The first-order valence-electron chi connectivity index (χ1n) is 5.43. The molecular weight excluding hydrogens is 194 g/mol. The van der Waals surface area contributed by atoms with Gasteiger partial charge in [0.25, 0.3) is 0 Å². The Hall–Kier alpha value is -1.89. The van der Waals surface area contributed by atoms with E-state index < -0.39 is 0 Å². The lowest BCUT2D eigenvalue weighted by molar-refractivity contribution is 1.41. The van der Waals surface area contributed by atoms with Gasteiger partial charge in [0.15, 0.2) is 0 Å². The average Bonchev–Trinajstić information content (AvgIpc) is 2.30. The van der Waals surface area contributed by atoms with Gasteiger partial charge in [0.1, 0.15) is 0 Å². The van der Waals surface area contributed by atoms with Crippen molar-refractivity contribution >= 4 is 11.4 Å². The van der Waals surface area contributed by atoms with E-state index >= 15 is 0 Å². The fourth-order valence-corrected chi connectivity index (χ4v) is 1.64. The minimum Gasteiger partial charge on any atom is -0.253 e. The second-order valence-electron chi connectivity index (χ2n) is 3.90. The fraction of sp³-hybridized carbons (Fsp3) is 0.133. The van der Waals surface area contributed by atoms with Crippen LogP contribution in [0.5, 0.6) is 0 Å². The third-order valence-electron chi connectivity index (χ3n) is 2.49. The van der Waals surface area contributed by atoms with Crippen LogP contribution in [0.25, 0.3) is 0 Å². The van der Waals surface area contributed by atoms with Gasteiger partial charge in [-0.25, -0.2) is 0 Å². The lowest BCUT2D eigenvalue weighted by atomic mass is 10.1. The molecule has 80 valence electrons. The highest BCUT2D eigenvalue weighted by atomic mass is 14.7. The SMILES string of the molecule is CC(=Nc1cccc(C)c1)c1ccccc1. The summed E-state index contributed by atoms with van der Waals surface area (Å²) in [5.74, 6) is 0. The van der Waals surface area contributed by atoms with Gasteiger partial charge >= 0.3 is 0 Å². The maximum atomic E-state index is 4.61. The van der Waals surface area contributed by atoms with Crippen molar-refractivity contribution in [2.75, 3.05) is 0 Å². The van der Waals surface area contributed by atoms with Gasteiger partial charge in [-0.3, -0.25) is 4.99 Å². The summed E-state index contributed by atoms with van der Waals surface area (Å²) in [7, 11) is 0. The highest BCUT2D eigenvalue weighted by molar-refractivity contribution is 6.00. The predicted octanol–water partition coefficient (Wildman–Crippen LogP) is 4.14. The van der Waals surface area contributed by atoms with Gasteiger partial charge in [-0.1, -0.05) is 42.5 Å². The van der Waals surface area contributed by atoms with Crippen LogP contribution in [0.1, 0.15) is 18.1 Å². The van der Waals surface area contributed by atoms with E-state index in [1.54, 1.807) is 0 Å². The Kier molecular flexibility index (Phi) is 3.16. The van der Waals surface area contributed by atoms with Crippen molar-refractivity contribution in [2.24, 2.45) is 4.99 Å². The first-order chi connectivity index (χ1) is 7.75. The van der Waals surface area contributed by atoms with Crippen LogP contribution in [0.3, 0.4) is 0 Å². The molecule has 0 unspecified atom stereocenters. The van der Waals surface area contributed by atoms with Crippen LogP contribution >= 0.6 is 0 Å². The second-order valence-corrected chi connectivity index (χ2v) is 3.90. The summed E-state index contributed by atoms with van der Waals surface area (Å²) in [6, 6.07) is 18.5. The van der Waals surface area contributed by atoms with Crippen molar-refractivity contribution in [2.45, 2.75) is 13.8 Å². The minimum absolute atomic E-state index is 1.02. The van der Waals surface area contributed by atoms with Gasteiger partial charge in [0, 0.05) is 5.71 Å². The average molecular weight is 209 g/mol. The molecule has 0 bridgehead atoms. The molecule has 2 aromatic rings. The Morgan fingerprint density at radius 3 is 2.38 bits per heavy atom. The van der Waals surface area contributed by atoms with Crippen molar-refractivity contribution in [3.63, 3.8) is 0 Å². The predicted molar refractivity (Wildman–Crippen MR) is 69.5 cm³/mol. The van der Waals surface area contributed by atoms with Crippen LogP contribution in [-0.2, 0) is 0 Å². The molecule has 2 aromatic carbocycles. The van der Waals surface area contributed by atoms with E-state index in [4.69, 9.17) is 0 Å². The number of benzene rings is 2. The van der Waals surface area contributed by atoms with E-state index in [0.717, 1.165) is 11.4 Å². The summed E-state index contributed by atoms with van der Waals surface area (Å²) in [4.78, 5) is 4.61. The number of hydrogen-bond donors (Lipinski definition) is 0. The molecule has 0 aliphatic rings. The maximum absolute atomic E-state index is 4.61. The first-order valence-corrected chi connectivity index (χ1v) is 5.43. The number of aryl methyl sites for hydroxylation is 1. The molecule has 0 heterocycles. The molecule has 0 fully saturated rings. The summed E-state index contributed by atoms with van der Waals surface area (Å²) in [6.45, 7) is 4.12. The lowest BCUT2D eigenvalue weighted by Gasteiger charge is -2.01. The molecule has 2 rings (SSSR count). The van der Waals surface area contributed by atoms with Crippen molar-refractivity contribution in [3.05, 3.63) is 65.7 Å². The number of nitrogens with zero attached hydrogens (tertiary/aromatic N) is 1. The Bertz CT molecular complexity index is 498. The van der Waals surface area contributed by atoms with Crippen molar-refractivity contribution in [1.82, 2.24) is 0 Å². The molecule has 1 nitrogen and oxygen atoms in total. The molecule has 16 heavy (non-hydrogen) atoms. The van der Waals surface area contributed by atoms with E-state index in [0.29, 0.717) is 0 Å². The summed E-state index contributed by atoms with van der Waals surface area (Å²) < 4.78 is 0. The zero-order valence-electron chi connectivity index (χ0n) is 9.64. The first kappa shape index (κ1) is 10.6. The monoisotopic (exact) mass is 209 g/mol. The quantitative estimate of drug-likeness (QED) is 0.659. The van der Waals surface area contributed by atoms with Crippen LogP contribution in [0, 0.1) is 6.92 Å². The van der Waals surface area contributed by atoms with Gasteiger partial charge in [-0.05, 0) is 37.1 Å². The van der Waals surface area contributed by atoms with Crippen molar-refractivity contribution < 1.29 is 0 Å². The molecule has 0 aliphatic carbocycles. The summed E-state index contributed by atoms with van der Waals surface area (Å²) in [6.07, 6.45) is 0. The van der Waals surface area contributed by atoms with E-state index in [9.17, 15) is 0 Å². The summed E-state index contributed by atoms with van der Waals surface area (Å²) in [5, 5.41) is 0. The Labute approximate surface area is 96.5 Å². The Balaban J connectivity index is 2.32. The zero-order valence-corrected chi connectivity index (χ0v) is 9.64. The normalized spacial score (nSPS) is 11.5. The third-order valence-corrected chi connectivity index (χ3v) is 2.49. The summed E-state index contributed by atoms with van der Waals surface area (Å²) >= 11 is 0. The Morgan fingerprint density at radius 2 is 1.69 bits per heavy atom. The maximum Gasteiger partial charge on any atom is 0.0635 e. The third kappa shape index (κ3) is 2.57. The molecule has 0 N–H and O–H groups in total. The van der Waals surface area contributed by atoms with Crippen molar-refractivity contribution in [3.8, 4) is 0 Å². The van der Waals surface area contributed by atoms with Gasteiger partial charge in [-0.2, -0.15) is 0 Å². The highest BCUT2D eigenvalue weighted by Crippen LogP contribution is 2.15. The molecule has 1 heteroatoms. The molecule has 0 spiro atoms. The van der Waals surface area contributed by atoms with Crippen LogP contribution < -0.4 is 0 Å². The van der Waals surface area contributed by atoms with E-state index in [1.165, 1.54) is 11.1 Å². The van der Waals surface area contributed by atoms with Crippen LogP contribution in [-0.4, -0.2) is 5.71 Å². The number of hydrogen-bond acceptors (Lipinski definition) is 1. The van der Waals surface area contributed by atoms with Gasteiger partial charge < -0.3 is 0 Å². The molecule has 0 saturated heterocycles. The topological polar surface area (TPSA) is 12.4 Å². The van der Waals surface area contributed by atoms with E-state index in [-0.39, 0.29) is 0 Å². The van der Waals surface area contributed by atoms with Gasteiger partial charge in [0.2, 0.25) is 0 Å². The molecule has 0 amide bonds. The van der Waals surface area contributed by atoms with Crippen LogP contribution in [0.2, 0.25) is 0 Å². The number of rotatable bonds is 2. The summed E-state index contributed by atoms with van der Waals surface area (Å²) in [5.41, 5.74) is 4.47. The highest BCUT2D eigenvalue weighted by Gasteiger charge is 1.96. The molecule has 0 atom stereocenters. The van der Waals surface area contributed by atoms with E-state index in [2.05, 4.69) is 36.2 Å². The molecule has 0 radical (unpaired) electrons. The van der Waals surface area contributed by atoms with Gasteiger partial charge in [-0.15, -0.1) is 0 Å². The second kappa shape index (κ2) is 4.75. The van der Waals surface area contributed by atoms with Crippen LogP contribution in [0.4, 0.5) is 5.69 Å². The number of aliphatic imine (C=N–C) groups is 1. The molecule has 0 saturated carbocycles. The van der Waals surface area contributed by atoms with Crippen molar-refractivity contribution in [1.29, 1.82) is 0 Å². The Morgan fingerprint density at radius 1 is 0.938 bits per heavy atom. The largest absolute Gasteiger partial charge is 0.253 e. The molecule has 0 aliphatic heterocycles.